The molecule has 2 aliphatic heterocycles. The van der Waals surface area contributed by atoms with Gasteiger partial charge >= 0.3 is 0 Å². The summed E-state index contributed by atoms with van der Waals surface area (Å²) in [4.78, 5) is 4.68. The van der Waals surface area contributed by atoms with E-state index in [1.165, 1.54) is 0 Å². The van der Waals surface area contributed by atoms with Crippen LogP contribution in [0.3, 0.4) is 0 Å². The lowest BCUT2D eigenvalue weighted by Crippen LogP contribution is -2.58. The molecular weight excluding hydrogens is 348 g/mol. The van der Waals surface area contributed by atoms with Crippen LogP contribution in [0.1, 0.15) is 67.2 Å². The lowest BCUT2D eigenvalue weighted by Gasteiger charge is -2.41. The Hall–Kier alpha value is -1.18. The molecule has 160 valence electrons. The van der Waals surface area contributed by atoms with Crippen molar-refractivity contribution >= 4 is 0 Å². The molecule has 0 aromatic carbocycles. The van der Waals surface area contributed by atoms with Crippen molar-refractivity contribution < 1.29 is 0 Å². The first-order chi connectivity index (χ1) is 13.0. The van der Waals surface area contributed by atoms with E-state index in [2.05, 4.69) is 81.2 Å². The maximum Gasteiger partial charge on any atom is 0.109 e. The summed E-state index contributed by atoms with van der Waals surface area (Å²) in [6.45, 7) is 17.9. The van der Waals surface area contributed by atoms with Crippen LogP contribution in [0.25, 0.3) is 0 Å². The molecule has 6 heteroatoms. The highest BCUT2D eigenvalue weighted by atomic mass is 15.2. The smallest absolute Gasteiger partial charge is 0.109 e. The second-order valence-corrected chi connectivity index (χ2v) is 9.80. The van der Waals surface area contributed by atoms with E-state index in [-0.39, 0.29) is 16.6 Å². The molecule has 28 heavy (non-hydrogen) atoms. The highest BCUT2D eigenvalue weighted by molar-refractivity contribution is 5.12. The van der Waals surface area contributed by atoms with Crippen LogP contribution in [-0.2, 0) is 0 Å². The molecule has 0 atom stereocenters. The summed E-state index contributed by atoms with van der Waals surface area (Å²) in [7, 11) is 2.11. The molecular formula is C22H42N6. The first kappa shape index (κ1) is 24.9. The lowest BCUT2D eigenvalue weighted by atomic mass is 9.86. The van der Waals surface area contributed by atoms with Crippen LogP contribution in [-0.4, -0.2) is 72.2 Å². The summed E-state index contributed by atoms with van der Waals surface area (Å²) in [5.74, 6) is 0. The molecule has 2 rings (SSSR count). The highest BCUT2D eigenvalue weighted by Gasteiger charge is 2.37. The molecule has 0 aliphatic carbocycles. The standard InChI is InChI=1S/C12H23N3.C10H19N3/c1-5-15-8-6-12(10-13,7-9-15)14-11(2,3)4;1-9(2)12-10(8-11)4-6-13(3)7-5-10/h14H,5-9H2,1-4H3;9,12H,4-7H2,1-3H3. The Labute approximate surface area is 173 Å². The zero-order valence-electron chi connectivity index (χ0n) is 19.2. The van der Waals surface area contributed by atoms with E-state index >= 15 is 0 Å². The highest BCUT2D eigenvalue weighted by Crippen LogP contribution is 2.24. The predicted octanol–water partition coefficient (Wildman–Crippen LogP) is 2.72. The Morgan fingerprint density at radius 1 is 0.929 bits per heavy atom. The largest absolute Gasteiger partial charge is 0.306 e. The third kappa shape index (κ3) is 8.05. The normalized spacial score (nSPS) is 22.6. The molecule has 2 aliphatic rings. The quantitative estimate of drug-likeness (QED) is 0.768. The van der Waals surface area contributed by atoms with Crippen LogP contribution in [0.15, 0.2) is 0 Å². The van der Waals surface area contributed by atoms with E-state index in [1.807, 2.05) is 0 Å². The fraction of sp³-hybridized carbons (Fsp3) is 0.909. The molecule has 2 saturated heterocycles. The molecule has 2 heterocycles. The monoisotopic (exact) mass is 390 g/mol. The number of hydrogen-bond donors (Lipinski definition) is 2. The SMILES string of the molecule is CC(C)NC1(C#N)CCN(C)CC1.CCN1CCC(C#N)(NC(C)(C)C)CC1. The number of nitrogens with one attached hydrogen (secondary N) is 2. The summed E-state index contributed by atoms with van der Waals surface area (Å²) in [6, 6.07) is 5.30. The number of piperidine rings is 2. The van der Waals surface area contributed by atoms with E-state index in [9.17, 15) is 5.26 Å². The molecule has 0 aromatic heterocycles. The van der Waals surface area contributed by atoms with Crippen LogP contribution < -0.4 is 10.6 Å². The fourth-order valence-electron chi connectivity index (χ4n) is 4.07. The average Bonchev–Trinajstić information content (AvgIpc) is 2.63. The van der Waals surface area contributed by atoms with Gasteiger partial charge in [-0.1, -0.05) is 6.92 Å². The van der Waals surface area contributed by atoms with E-state index in [0.717, 1.165) is 58.4 Å². The van der Waals surface area contributed by atoms with Crippen molar-refractivity contribution in [3.05, 3.63) is 0 Å². The van der Waals surface area contributed by atoms with Gasteiger partial charge in [-0.25, -0.2) is 0 Å². The molecule has 0 bridgehead atoms. The Morgan fingerprint density at radius 2 is 1.39 bits per heavy atom. The predicted molar refractivity (Wildman–Crippen MR) is 116 cm³/mol. The summed E-state index contributed by atoms with van der Waals surface area (Å²) >= 11 is 0. The Kier molecular flexibility index (Phi) is 9.37. The lowest BCUT2D eigenvalue weighted by molar-refractivity contribution is 0.151. The van der Waals surface area contributed by atoms with Crippen LogP contribution in [0.4, 0.5) is 0 Å². The molecule has 2 fully saturated rings. The van der Waals surface area contributed by atoms with Crippen molar-refractivity contribution in [2.24, 2.45) is 0 Å². The van der Waals surface area contributed by atoms with Gasteiger partial charge in [0.05, 0.1) is 12.1 Å². The first-order valence-corrected chi connectivity index (χ1v) is 10.8. The van der Waals surface area contributed by atoms with Crippen LogP contribution >= 0.6 is 0 Å². The summed E-state index contributed by atoms with van der Waals surface area (Å²) in [5.41, 5.74) is -0.547. The maximum absolute atomic E-state index is 9.33. The van der Waals surface area contributed by atoms with Crippen molar-refractivity contribution in [1.29, 1.82) is 10.5 Å². The number of nitriles is 2. The molecule has 0 saturated carbocycles. The van der Waals surface area contributed by atoms with Gasteiger partial charge in [-0.2, -0.15) is 10.5 Å². The summed E-state index contributed by atoms with van der Waals surface area (Å²) in [6.07, 6.45) is 3.76. The molecule has 0 radical (unpaired) electrons. The van der Waals surface area contributed by atoms with Crippen molar-refractivity contribution in [1.82, 2.24) is 20.4 Å². The molecule has 0 aromatic rings. The van der Waals surface area contributed by atoms with Gasteiger partial charge in [0.15, 0.2) is 0 Å². The fourth-order valence-corrected chi connectivity index (χ4v) is 4.07. The molecule has 0 spiro atoms. The van der Waals surface area contributed by atoms with Gasteiger partial charge in [0.1, 0.15) is 11.1 Å². The average molecular weight is 391 g/mol. The van der Waals surface area contributed by atoms with Crippen molar-refractivity contribution in [2.75, 3.05) is 39.8 Å². The third-order valence-electron chi connectivity index (χ3n) is 5.60. The number of hydrogen-bond acceptors (Lipinski definition) is 6. The van der Waals surface area contributed by atoms with Crippen molar-refractivity contribution in [3.63, 3.8) is 0 Å². The molecule has 6 nitrogen and oxygen atoms in total. The van der Waals surface area contributed by atoms with Gasteiger partial charge in [-0.3, -0.25) is 10.6 Å². The van der Waals surface area contributed by atoms with Gasteiger partial charge in [0.2, 0.25) is 0 Å². The number of rotatable bonds is 4. The molecule has 0 unspecified atom stereocenters. The summed E-state index contributed by atoms with van der Waals surface area (Å²) < 4.78 is 0. The molecule has 2 N–H and O–H groups in total. The zero-order chi connectivity index (χ0) is 21.4. The zero-order valence-corrected chi connectivity index (χ0v) is 19.2. The van der Waals surface area contributed by atoms with Crippen LogP contribution in [0, 0.1) is 22.7 Å². The minimum atomic E-state index is -0.302. The van der Waals surface area contributed by atoms with E-state index < -0.39 is 0 Å². The third-order valence-corrected chi connectivity index (χ3v) is 5.60. The van der Waals surface area contributed by atoms with Crippen molar-refractivity contribution in [3.8, 4) is 12.1 Å². The van der Waals surface area contributed by atoms with Gasteiger partial charge in [-0.15, -0.1) is 0 Å². The van der Waals surface area contributed by atoms with Crippen LogP contribution in [0.5, 0.6) is 0 Å². The Morgan fingerprint density at radius 3 is 1.75 bits per heavy atom. The van der Waals surface area contributed by atoms with E-state index in [0.29, 0.717) is 6.04 Å². The summed E-state index contributed by atoms with van der Waals surface area (Å²) in [5, 5.41) is 25.3. The maximum atomic E-state index is 9.33. The van der Waals surface area contributed by atoms with E-state index in [4.69, 9.17) is 5.26 Å². The van der Waals surface area contributed by atoms with Crippen LogP contribution in [0.2, 0.25) is 0 Å². The second kappa shape index (κ2) is 10.6. The number of likely N-dealkylation sites (tertiary alicyclic amines) is 2. The first-order valence-electron chi connectivity index (χ1n) is 10.8. The van der Waals surface area contributed by atoms with E-state index in [1.54, 1.807) is 0 Å². The Balaban J connectivity index is 0.000000283. The Bertz CT molecular complexity index is 535. The van der Waals surface area contributed by atoms with Gasteiger partial charge in [0.25, 0.3) is 0 Å². The minimum absolute atomic E-state index is 0.0180. The minimum Gasteiger partial charge on any atom is -0.306 e. The van der Waals surface area contributed by atoms with Gasteiger partial charge in [-0.05, 0) is 73.9 Å². The molecule has 0 amide bonds. The number of nitrogens with zero attached hydrogens (tertiary/aromatic N) is 4. The van der Waals surface area contributed by atoms with Crippen molar-refractivity contribution in [2.45, 2.75) is 89.9 Å². The van der Waals surface area contributed by atoms with Gasteiger partial charge < -0.3 is 9.80 Å². The second-order valence-electron chi connectivity index (χ2n) is 9.80. The van der Waals surface area contributed by atoms with Gasteiger partial charge in [0, 0.05) is 37.8 Å². The topological polar surface area (TPSA) is 78.1 Å².